The Hall–Kier alpha value is -1.49. The van der Waals surface area contributed by atoms with Crippen LogP contribution in [0.25, 0.3) is 0 Å². The second kappa shape index (κ2) is 4.51. The summed E-state index contributed by atoms with van der Waals surface area (Å²) in [6.07, 6.45) is 2.48. The third-order valence-corrected chi connectivity index (χ3v) is 2.08. The molecule has 0 saturated carbocycles. The van der Waals surface area contributed by atoms with Crippen LogP contribution in [-0.4, -0.2) is 0 Å². The van der Waals surface area contributed by atoms with Crippen molar-refractivity contribution in [3.63, 3.8) is 0 Å². The molecule has 13 heavy (non-hydrogen) atoms. The van der Waals surface area contributed by atoms with Gasteiger partial charge in [0.15, 0.2) is 0 Å². The van der Waals surface area contributed by atoms with Crippen LogP contribution in [0.1, 0.15) is 24.5 Å². The molecular formula is C11H14N2. The molecule has 0 aliphatic carbocycles. The molecule has 0 aromatic heterocycles. The van der Waals surface area contributed by atoms with Gasteiger partial charge in [0.25, 0.3) is 0 Å². The Labute approximate surface area is 79.0 Å². The van der Waals surface area contributed by atoms with Crippen molar-refractivity contribution < 1.29 is 0 Å². The largest absolute Gasteiger partial charge is 0.398 e. The number of anilines is 1. The third-order valence-electron chi connectivity index (χ3n) is 2.08. The molecule has 0 atom stereocenters. The first-order valence-corrected chi connectivity index (χ1v) is 4.52. The summed E-state index contributed by atoms with van der Waals surface area (Å²) in [6, 6.07) is 7.93. The van der Waals surface area contributed by atoms with Gasteiger partial charge < -0.3 is 5.73 Å². The minimum atomic E-state index is 0.459. The Balaban J connectivity index is 3.03. The highest BCUT2D eigenvalue weighted by Gasteiger charge is 2.03. The van der Waals surface area contributed by atoms with Crippen LogP contribution in [-0.2, 0) is 12.8 Å². The van der Waals surface area contributed by atoms with Crippen molar-refractivity contribution in [2.45, 2.75) is 26.2 Å². The SMILES string of the molecule is CCCc1c(N)cccc1CC#N. The van der Waals surface area contributed by atoms with Crippen LogP contribution in [0, 0.1) is 11.3 Å². The smallest absolute Gasteiger partial charge is 0.0669 e. The van der Waals surface area contributed by atoms with E-state index in [1.54, 1.807) is 0 Å². The normalized spacial score (nSPS) is 9.54. The predicted molar refractivity (Wildman–Crippen MR) is 54.2 cm³/mol. The maximum Gasteiger partial charge on any atom is 0.0669 e. The van der Waals surface area contributed by atoms with Crippen molar-refractivity contribution >= 4 is 5.69 Å². The number of nitrogen functional groups attached to an aromatic ring is 1. The molecule has 0 aliphatic heterocycles. The van der Waals surface area contributed by atoms with Crippen LogP contribution < -0.4 is 5.73 Å². The van der Waals surface area contributed by atoms with Gasteiger partial charge in [-0.05, 0) is 23.6 Å². The van der Waals surface area contributed by atoms with Crippen LogP contribution in [0.4, 0.5) is 5.69 Å². The summed E-state index contributed by atoms with van der Waals surface area (Å²) >= 11 is 0. The summed E-state index contributed by atoms with van der Waals surface area (Å²) < 4.78 is 0. The van der Waals surface area contributed by atoms with Crippen molar-refractivity contribution in [2.24, 2.45) is 0 Å². The zero-order valence-corrected chi connectivity index (χ0v) is 7.88. The van der Waals surface area contributed by atoms with Gasteiger partial charge in [-0.2, -0.15) is 5.26 Å². The Morgan fingerprint density at radius 3 is 2.85 bits per heavy atom. The summed E-state index contributed by atoms with van der Waals surface area (Å²) in [5, 5.41) is 8.61. The Morgan fingerprint density at radius 2 is 2.23 bits per heavy atom. The molecule has 2 nitrogen and oxygen atoms in total. The molecule has 1 rings (SSSR count). The maximum absolute atomic E-state index is 8.61. The number of nitriles is 1. The van der Waals surface area contributed by atoms with E-state index in [0.29, 0.717) is 6.42 Å². The van der Waals surface area contributed by atoms with E-state index in [1.807, 2.05) is 18.2 Å². The van der Waals surface area contributed by atoms with E-state index < -0.39 is 0 Å². The minimum Gasteiger partial charge on any atom is -0.398 e. The van der Waals surface area contributed by atoms with E-state index in [0.717, 1.165) is 29.7 Å². The van der Waals surface area contributed by atoms with E-state index in [4.69, 9.17) is 11.0 Å². The highest BCUT2D eigenvalue weighted by molar-refractivity contribution is 5.51. The summed E-state index contributed by atoms with van der Waals surface area (Å²) in [5.41, 5.74) is 8.86. The van der Waals surface area contributed by atoms with Gasteiger partial charge in [0, 0.05) is 5.69 Å². The lowest BCUT2D eigenvalue weighted by Gasteiger charge is -2.08. The number of hydrogen-bond donors (Lipinski definition) is 1. The van der Waals surface area contributed by atoms with Gasteiger partial charge in [-0.25, -0.2) is 0 Å². The summed E-state index contributed by atoms with van der Waals surface area (Å²) in [5.74, 6) is 0. The van der Waals surface area contributed by atoms with Gasteiger partial charge in [-0.3, -0.25) is 0 Å². The molecule has 0 spiro atoms. The summed E-state index contributed by atoms with van der Waals surface area (Å²) in [4.78, 5) is 0. The van der Waals surface area contributed by atoms with E-state index in [2.05, 4.69) is 13.0 Å². The van der Waals surface area contributed by atoms with Gasteiger partial charge in [0.1, 0.15) is 0 Å². The van der Waals surface area contributed by atoms with Crippen LogP contribution in [0.2, 0.25) is 0 Å². The third kappa shape index (κ3) is 2.22. The first kappa shape index (κ1) is 9.60. The fourth-order valence-electron chi connectivity index (χ4n) is 1.46. The molecular weight excluding hydrogens is 160 g/mol. The quantitative estimate of drug-likeness (QED) is 0.715. The van der Waals surface area contributed by atoms with Gasteiger partial charge in [0.05, 0.1) is 12.5 Å². The fraction of sp³-hybridized carbons (Fsp3) is 0.364. The molecule has 68 valence electrons. The Morgan fingerprint density at radius 1 is 1.46 bits per heavy atom. The van der Waals surface area contributed by atoms with Gasteiger partial charge in [-0.1, -0.05) is 25.5 Å². The highest BCUT2D eigenvalue weighted by Crippen LogP contribution is 2.19. The van der Waals surface area contributed by atoms with Crippen LogP contribution in [0.15, 0.2) is 18.2 Å². The van der Waals surface area contributed by atoms with Crippen molar-refractivity contribution in [1.82, 2.24) is 0 Å². The molecule has 0 unspecified atom stereocenters. The lowest BCUT2D eigenvalue weighted by atomic mass is 9.99. The van der Waals surface area contributed by atoms with E-state index >= 15 is 0 Å². The molecule has 0 bridgehead atoms. The summed E-state index contributed by atoms with van der Waals surface area (Å²) in [6.45, 7) is 2.11. The van der Waals surface area contributed by atoms with Crippen LogP contribution in [0.3, 0.4) is 0 Å². The second-order valence-electron chi connectivity index (χ2n) is 3.07. The number of benzene rings is 1. The van der Waals surface area contributed by atoms with Crippen LogP contribution >= 0.6 is 0 Å². The lowest BCUT2D eigenvalue weighted by Crippen LogP contribution is -1.99. The first-order valence-electron chi connectivity index (χ1n) is 4.52. The average Bonchev–Trinajstić information content (AvgIpc) is 2.11. The topological polar surface area (TPSA) is 49.8 Å². The molecule has 0 aliphatic rings. The molecule has 0 fully saturated rings. The molecule has 0 saturated heterocycles. The fourth-order valence-corrected chi connectivity index (χ4v) is 1.46. The Kier molecular flexibility index (Phi) is 3.33. The van der Waals surface area contributed by atoms with Gasteiger partial charge >= 0.3 is 0 Å². The minimum absolute atomic E-state index is 0.459. The summed E-state index contributed by atoms with van der Waals surface area (Å²) in [7, 11) is 0. The molecule has 0 amide bonds. The molecule has 1 aromatic carbocycles. The van der Waals surface area contributed by atoms with E-state index in [-0.39, 0.29) is 0 Å². The van der Waals surface area contributed by atoms with Crippen molar-refractivity contribution in [1.29, 1.82) is 5.26 Å². The molecule has 0 heterocycles. The number of nitrogens with zero attached hydrogens (tertiary/aromatic N) is 1. The monoisotopic (exact) mass is 174 g/mol. The van der Waals surface area contributed by atoms with Gasteiger partial charge in [0.2, 0.25) is 0 Å². The predicted octanol–water partition coefficient (Wildman–Crippen LogP) is 2.29. The lowest BCUT2D eigenvalue weighted by molar-refractivity contribution is 0.910. The van der Waals surface area contributed by atoms with E-state index in [1.165, 1.54) is 0 Å². The molecule has 1 aromatic rings. The van der Waals surface area contributed by atoms with Crippen molar-refractivity contribution in [3.8, 4) is 6.07 Å². The number of hydrogen-bond acceptors (Lipinski definition) is 2. The standard InChI is InChI=1S/C11H14N2/c1-2-4-10-9(7-8-12)5-3-6-11(10)13/h3,5-6H,2,4,7,13H2,1H3. The van der Waals surface area contributed by atoms with Crippen molar-refractivity contribution in [2.75, 3.05) is 5.73 Å². The Bertz CT molecular complexity index is 323. The molecule has 2 heteroatoms. The van der Waals surface area contributed by atoms with Crippen molar-refractivity contribution in [3.05, 3.63) is 29.3 Å². The molecule has 0 radical (unpaired) electrons. The van der Waals surface area contributed by atoms with E-state index in [9.17, 15) is 0 Å². The first-order chi connectivity index (χ1) is 6.29. The zero-order valence-electron chi connectivity index (χ0n) is 7.88. The second-order valence-corrected chi connectivity index (χ2v) is 3.07. The zero-order chi connectivity index (χ0) is 9.68. The molecule has 2 N–H and O–H groups in total. The maximum atomic E-state index is 8.61. The average molecular weight is 174 g/mol. The van der Waals surface area contributed by atoms with Gasteiger partial charge in [-0.15, -0.1) is 0 Å². The number of rotatable bonds is 3. The highest BCUT2D eigenvalue weighted by atomic mass is 14.6. The number of nitrogens with two attached hydrogens (primary N) is 1. The van der Waals surface area contributed by atoms with Crippen LogP contribution in [0.5, 0.6) is 0 Å².